The van der Waals surface area contributed by atoms with E-state index in [9.17, 15) is 4.79 Å². The third kappa shape index (κ3) is 3.68. The summed E-state index contributed by atoms with van der Waals surface area (Å²) in [6, 6.07) is 10.7. The number of nitrogens with two attached hydrogens (primary N) is 1. The van der Waals surface area contributed by atoms with Crippen molar-refractivity contribution in [3.05, 3.63) is 47.2 Å². The average Bonchev–Trinajstić information content (AvgIpc) is 2.56. The molecule has 0 saturated carbocycles. The minimum atomic E-state index is -0.557. The van der Waals surface area contributed by atoms with Gasteiger partial charge in [0.1, 0.15) is 11.2 Å². The van der Waals surface area contributed by atoms with Gasteiger partial charge in [-0.3, -0.25) is 9.69 Å². The SMILES string of the molecule is NC(=O)C(c1cc(Cl)nc(-c2ccccc2)n1)N1CCCCC1. The number of benzene rings is 1. The minimum absolute atomic E-state index is 0.317. The van der Waals surface area contributed by atoms with Gasteiger partial charge in [-0.1, -0.05) is 48.4 Å². The van der Waals surface area contributed by atoms with Gasteiger partial charge in [-0.2, -0.15) is 0 Å². The van der Waals surface area contributed by atoms with Crippen molar-refractivity contribution < 1.29 is 4.79 Å². The van der Waals surface area contributed by atoms with Gasteiger partial charge < -0.3 is 5.73 Å². The Hall–Kier alpha value is -1.98. The predicted molar refractivity (Wildman–Crippen MR) is 89.8 cm³/mol. The van der Waals surface area contributed by atoms with Crippen molar-refractivity contribution in [1.82, 2.24) is 14.9 Å². The lowest BCUT2D eigenvalue weighted by molar-refractivity contribution is -0.124. The van der Waals surface area contributed by atoms with Crippen molar-refractivity contribution in [3.8, 4) is 11.4 Å². The third-order valence-electron chi connectivity index (χ3n) is 4.05. The van der Waals surface area contributed by atoms with Gasteiger partial charge in [-0.05, 0) is 32.0 Å². The fraction of sp³-hybridized carbons (Fsp3) is 0.353. The van der Waals surface area contributed by atoms with E-state index < -0.39 is 11.9 Å². The van der Waals surface area contributed by atoms with E-state index in [2.05, 4.69) is 14.9 Å². The van der Waals surface area contributed by atoms with Gasteiger partial charge in [0.25, 0.3) is 0 Å². The molecule has 0 radical (unpaired) electrons. The van der Waals surface area contributed by atoms with Gasteiger partial charge in [-0.25, -0.2) is 9.97 Å². The number of piperidine rings is 1. The lowest BCUT2D eigenvalue weighted by Gasteiger charge is -2.32. The molecule has 1 atom stereocenters. The average molecular weight is 331 g/mol. The summed E-state index contributed by atoms with van der Waals surface area (Å²) in [4.78, 5) is 23.0. The molecule has 1 aliphatic heterocycles. The zero-order chi connectivity index (χ0) is 16.2. The standard InChI is InChI=1S/C17H19ClN4O/c18-14-11-13(15(16(19)23)22-9-5-2-6-10-22)20-17(21-14)12-7-3-1-4-8-12/h1,3-4,7-8,11,15H,2,5-6,9-10H2,(H2,19,23). The molecule has 1 aromatic heterocycles. The molecule has 3 rings (SSSR count). The number of nitrogens with zero attached hydrogens (tertiary/aromatic N) is 3. The molecule has 1 unspecified atom stereocenters. The first-order valence-corrected chi connectivity index (χ1v) is 8.16. The molecule has 23 heavy (non-hydrogen) atoms. The first-order valence-electron chi connectivity index (χ1n) is 7.78. The van der Waals surface area contributed by atoms with Crippen LogP contribution in [-0.2, 0) is 4.79 Å². The Kier molecular flexibility index (Phi) is 4.88. The van der Waals surface area contributed by atoms with Crippen LogP contribution in [0.15, 0.2) is 36.4 Å². The monoisotopic (exact) mass is 330 g/mol. The molecule has 120 valence electrons. The topological polar surface area (TPSA) is 72.1 Å². The van der Waals surface area contributed by atoms with Crippen molar-refractivity contribution in [2.45, 2.75) is 25.3 Å². The third-order valence-corrected chi connectivity index (χ3v) is 4.25. The summed E-state index contributed by atoms with van der Waals surface area (Å²) in [7, 11) is 0. The molecule has 2 heterocycles. The molecule has 1 amide bonds. The number of amides is 1. The van der Waals surface area contributed by atoms with Crippen molar-refractivity contribution in [1.29, 1.82) is 0 Å². The molecule has 2 N–H and O–H groups in total. The quantitative estimate of drug-likeness (QED) is 0.875. The zero-order valence-corrected chi connectivity index (χ0v) is 13.5. The number of carbonyl (C=O) groups excluding carboxylic acids is 1. The van der Waals surface area contributed by atoms with Crippen LogP contribution in [0.25, 0.3) is 11.4 Å². The predicted octanol–water partition coefficient (Wildman–Crippen LogP) is 2.81. The van der Waals surface area contributed by atoms with Crippen molar-refractivity contribution in [3.63, 3.8) is 0 Å². The van der Waals surface area contributed by atoms with Gasteiger partial charge in [0, 0.05) is 5.56 Å². The lowest BCUT2D eigenvalue weighted by atomic mass is 10.1. The van der Waals surface area contributed by atoms with E-state index in [-0.39, 0.29) is 0 Å². The molecule has 0 spiro atoms. The number of hydrogen-bond donors (Lipinski definition) is 1. The largest absolute Gasteiger partial charge is 0.368 e. The number of carbonyl (C=O) groups is 1. The van der Waals surface area contributed by atoms with Crippen LogP contribution in [-0.4, -0.2) is 33.9 Å². The summed E-state index contributed by atoms with van der Waals surface area (Å²) in [5.74, 6) is 0.108. The molecular weight excluding hydrogens is 312 g/mol. The van der Waals surface area contributed by atoms with Crippen molar-refractivity contribution >= 4 is 17.5 Å². The fourth-order valence-corrected chi connectivity index (χ4v) is 3.17. The highest BCUT2D eigenvalue weighted by Gasteiger charge is 2.29. The number of aromatic nitrogens is 2. The Labute approximate surface area is 140 Å². The summed E-state index contributed by atoms with van der Waals surface area (Å²) < 4.78 is 0. The van der Waals surface area contributed by atoms with Crippen LogP contribution < -0.4 is 5.73 Å². The molecule has 1 fully saturated rings. The summed E-state index contributed by atoms with van der Waals surface area (Å²) in [5.41, 5.74) is 7.08. The highest BCUT2D eigenvalue weighted by molar-refractivity contribution is 6.29. The highest BCUT2D eigenvalue weighted by Crippen LogP contribution is 2.26. The second-order valence-corrected chi connectivity index (χ2v) is 6.09. The summed E-state index contributed by atoms with van der Waals surface area (Å²) in [6.45, 7) is 1.69. The van der Waals surface area contributed by atoms with Crippen LogP contribution >= 0.6 is 11.6 Å². The van der Waals surface area contributed by atoms with Gasteiger partial charge in [-0.15, -0.1) is 0 Å². The van der Waals surface area contributed by atoms with Gasteiger partial charge >= 0.3 is 0 Å². The first kappa shape index (κ1) is 15.9. The summed E-state index contributed by atoms with van der Waals surface area (Å²) in [6.07, 6.45) is 3.31. The van der Waals surface area contributed by atoms with Crippen LogP contribution in [0.4, 0.5) is 0 Å². The van der Waals surface area contributed by atoms with E-state index in [0.29, 0.717) is 16.7 Å². The van der Waals surface area contributed by atoms with Crippen LogP contribution in [0.5, 0.6) is 0 Å². The Bertz CT molecular complexity index is 686. The molecule has 2 aromatic rings. The molecule has 1 saturated heterocycles. The van der Waals surface area contributed by atoms with Crippen molar-refractivity contribution in [2.24, 2.45) is 5.73 Å². The lowest BCUT2D eigenvalue weighted by Crippen LogP contribution is -2.41. The highest BCUT2D eigenvalue weighted by atomic mass is 35.5. The normalized spacial score (nSPS) is 16.9. The Morgan fingerprint density at radius 1 is 1.13 bits per heavy atom. The second kappa shape index (κ2) is 7.06. The second-order valence-electron chi connectivity index (χ2n) is 5.71. The minimum Gasteiger partial charge on any atom is -0.368 e. The van der Waals surface area contributed by atoms with E-state index in [0.717, 1.165) is 31.5 Å². The molecular formula is C17H19ClN4O. The van der Waals surface area contributed by atoms with E-state index in [1.54, 1.807) is 6.07 Å². The number of likely N-dealkylation sites (tertiary alicyclic amines) is 1. The maximum absolute atomic E-state index is 12.0. The smallest absolute Gasteiger partial charge is 0.241 e. The molecule has 5 nitrogen and oxygen atoms in total. The van der Waals surface area contributed by atoms with Gasteiger partial charge in [0.2, 0.25) is 5.91 Å². The van der Waals surface area contributed by atoms with E-state index in [1.807, 2.05) is 30.3 Å². The summed E-state index contributed by atoms with van der Waals surface area (Å²) >= 11 is 6.17. The van der Waals surface area contributed by atoms with Crippen molar-refractivity contribution in [2.75, 3.05) is 13.1 Å². The van der Waals surface area contributed by atoms with E-state index >= 15 is 0 Å². The number of rotatable bonds is 4. The first-order chi connectivity index (χ1) is 11.1. The number of primary amides is 1. The Balaban J connectivity index is 1.99. The zero-order valence-electron chi connectivity index (χ0n) is 12.8. The number of halogens is 1. The van der Waals surface area contributed by atoms with E-state index in [4.69, 9.17) is 17.3 Å². The fourth-order valence-electron chi connectivity index (χ4n) is 2.98. The van der Waals surface area contributed by atoms with Crippen LogP contribution in [0.3, 0.4) is 0 Å². The molecule has 0 aliphatic carbocycles. The molecule has 0 bridgehead atoms. The van der Waals surface area contributed by atoms with Crippen LogP contribution in [0, 0.1) is 0 Å². The van der Waals surface area contributed by atoms with Crippen LogP contribution in [0.2, 0.25) is 5.15 Å². The molecule has 1 aliphatic rings. The Morgan fingerprint density at radius 2 is 1.83 bits per heavy atom. The van der Waals surface area contributed by atoms with E-state index in [1.165, 1.54) is 6.42 Å². The molecule has 1 aromatic carbocycles. The maximum Gasteiger partial charge on any atom is 0.241 e. The van der Waals surface area contributed by atoms with Gasteiger partial charge in [0.15, 0.2) is 5.82 Å². The summed E-state index contributed by atoms with van der Waals surface area (Å²) in [5, 5.41) is 0.317. The number of hydrogen-bond acceptors (Lipinski definition) is 4. The molecule has 6 heteroatoms. The van der Waals surface area contributed by atoms with Gasteiger partial charge in [0.05, 0.1) is 5.69 Å². The van der Waals surface area contributed by atoms with Crippen LogP contribution in [0.1, 0.15) is 31.0 Å². The maximum atomic E-state index is 12.0. The Morgan fingerprint density at radius 3 is 2.48 bits per heavy atom.